The van der Waals surface area contributed by atoms with Gasteiger partial charge in [0.2, 0.25) is 0 Å². The topological polar surface area (TPSA) is 112 Å². The van der Waals surface area contributed by atoms with E-state index in [1.807, 2.05) is 6.07 Å². The minimum atomic E-state index is -0.354. The molecule has 0 fully saturated rings. The molecule has 0 aliphatic rings. The number of fused-ring (bicyclic) bond motifs is 1. The summed E-state index contributed by atoms with van der Waals surface area (Å²) in [5, 5.41) is 8.09. The van der Waals surface area contributed by atoms with E-state index in [0.717, 1.165) is 15.8 Å². The number of rotatable bonds is 1. The van der Waals surface area contributed by atoms with Gasteiger partial charge in [-0.1, -0.05) is 6.07 Å². The number of nitrogens with two attached hydrogens (primary N) is 2. The fourth-order valence-corrected chi connectivity index (χ4v) is 1.55. The Morgan fingerprint density at radius 2 is 2.06 bits per heavy atom. The zero-order valence-corrected chi connectivity index (χ0v) is 10.5. The number of aromatic nitrogens is 1. The summed E-state index contributed by atoms with van der Waals surface area (Å²) in [6.45, 7) is 0. The summed E-state index contributed by atoms with van der Waals surface area (Å²) >= 11 is 0. The second-order valence-electron chi connectivity index (χ2n) is 3.78. The Morgan fingerprint density at radius 3 is 2.67 bits per heavy atom. The lowest BCUT2D eigenvalue weighted by atomic mass is 10.2. The lowest BCUT2D eigenvalue weighted by molar-refractivity contribution is 0.0864. The molecule has 7 heteroatoms. The quantitative estimate of drug-likeness (QED) is 0.353. The van der Waals surface area contributed by atoms with Gasteiger partial charge < -0.3 is 16.5 Å². The molecule has 0 radical (unpaired) electrons. The highest BCUT2D eigenvalue weighted by Crippen LogP contribution is 2.18. The molecule has 0 aliphatic heterocycles. The van der Waals surface area contributed by atoms with E-state index in [-0.39, 0.29) is 24.3 Å². The molecular weight excluding hydrogens is 254 g/mol. The van der Waals surface area contributed by atoms with Crippen LogP contribution in [0.4, 0.5) is 5.69 Å². The molecule has 6 nitrogen and oxygen atoms in total. The third-order valence-electron chi connectivity index (χ3n) is 2.54. The van der Waals surface area contributed by atoms with E-state index >= 15 is 0 Å². The average Bonchev–Trinajstić information content (AvgIpc) is 2.69. The van der Waals surface area contributed by atoms with Crippen LogP contribution in [0.25, 0.3) is 10.9 Å². The van der Waals surface area contributed by atoms with Crippen LogP contribution in [0.15, 0.2) is 24.3 Å². The van der Waals surface area contributed by atoms with Crippen LogP contribution in [-0.4, -0.2) is 28.8 Å². The minimum Gasteiger partial charge on any atom is -0.399 e. The van der Waals surface area contributed by atoms with Gasteiger partial charge in [0, 0.05) is 23.6 Å². The Hall–Kier alpha value is -2.21. The Kier molecular flexibility index (Phi) is 3.82. The van der Waals surface area contributed by atoms with E-state index in [0.29, 0.717) is 11.4 Å². The lowest BCUT2D eigenvalue weighted by Gasteiger charge is -2.12. The SMILES string of the molecule is CN(C(=N)N)C(=O)c1cc2ccc(N)cc2[nH]1.Cl. The van der Waals surface area contributed by atoms with E-state index in [4.69, 9.17) is 16.9 Å². The number of hydrogen-bond acceptors (Lipinski definition) is 3. The van der Waals surface area contributed by atoms with Crippen LogP contribution < -0.4 is 11.5 Å². The van der Waals surface area contributed by atoms with Gasteiger partial charge in [-0.15, -0.1) is 12.4 Å². The summed E-state index contributed by atoms with van der Waals surface area (Å²) in [7, 11) is 1.45. The number of aromatic amines is 1. The van der Waals surface area contributed by atoms with Crippen LogP contribution in [0.2, 0.25) is 0 Å². The number of nitrogen functional groups attached to an aromatic ring is 1. The monoisotopic (exact) mass is 267 g/mol. The number of carbonyl (C=O) groups is 1. The second-order valence-corrected chi connectivity index (χ2v) is 3.78. The summed E-state index contributed by atoms with van der Waals surface area (Å²) < 4.78 is 0. The molecule has 0 unspecified atom stereocenters. The van der Waals surface area contributed by atoms with Gasteiger partial charge in [-0.2, -0.15) is 0 Å². The first-order chi connectivity index (χ1) is 7.99. The molecule has 1 amide bonds. The summed E-state index contributed by atoms with van der Waals surface area (Å²) in [6.07, 6.45) is 0. The molecule has 0 bridgehead atoms. The molecule has 0 aliphatic carbocycles. The number of amides is 1. The molecule has 2 rings (SSSR count). The number of anilines is 1. The van der Waals surface area contributed by atoms with Crippen molar-refractivity contribution in [2.75, 3.05) is 12.8 Å². The van der Waals surface area contributed by atoms with Crippen LogP contribution >= 0.6 is 12.4 Å². The third-order valence-corrected chi connectivity index (χ3v) is 2.54. The van der Waals surface area contributed by atoms with Crippen molar-refractivity contribution in [3.05, 3.63) is 30.0 Å². The van der Waals surface area contributed by atoms with Crippen LogP contribution in [-0.2, 0) is 0 Å². The molecule has 0 atom stereocenters. The highest BCUT2D eigenvalue weighted by molar-refractivity contribution is 6.05. The first kappa shape index (κ1) is 13.9. The second kappa shape index (κ2) is 4.97. The van der Waals surface area contributed by atoms with Crippen LogP contribution in [0.3, 0.4) is 0 Å². The number of halogens is 1. The normalized spacial score (nSPS) is 9.83. The molecule has 1 heterocycles. The molecular formula is C11H14ClN5O. The van der Waals surface area contributed by atoms with Crippen LogP contribution in [0.5, 0.6) is 0 Å². The molecule has 6 N–H and O–H groups in total. The molecule has 2 aromatic rings. The van der Waals surface area contributed by atoms with Crippen molar-refractivity contribution in [3.8, 4) is 0 Å². The van der Waals surface area contributed by atoms with Crippen molar-refractivity contribution in [2.24, 2.45) is 5.73 Å². The summed E-state index contributed by atoms with van der Waals surface area (Å²) in [6, 6.07) is 7.04. The maximum absolute atomic E-state index is 11.9. The Bertz CT molecular complexity index is 606. The first-order valence-corrected chi connectivity index (χ1v) is 4.99. The molecule has 0 saturated carbocycles. The summed E-state index contributed by atoms with van der Waals surface area (Å²) in [4.78, 5) is 15.9. The van der Waals surface area contributed by atoms with Gasteiger partial charge in [0.15, 0.2) is 5.96 Å². The maximum Gasteiger partial charge on any atom is 0.276 e. The van der Waals surface area contributed by atoms with E-state index in [1.54, 1.807) is 18.2 Å². The Morgan fingerprint density at radius 1 is 1.39 bits per heavy atom. The Labute approximate surface area is 110 Å². The molecule has 1 aromatic heterocycles. The fraction of sp³-hybridized carbons (Fsp3) is 0.0909. The predicted octanol–water partition coefficient (Wildman–Crippen LogP) is 1.14. The average molecular weight is 268 g/mol. The maximum atomic E-state index is 11.9. The van der Waals surface area contributed by atoms with Crippen molar-refractivity contribution in [1.29, 1.82) is 5.41 Å². The standard InChI is InChI=1S/C11H13N5O.ClH/c1-16(11(13)14)10(17)9-4-6-2-3-7(12)5-8(6)15-9;/h2-5,15H,12H2,1H3,(H3,13,14);1H. The van der Waals surface area contributed by atoms with Crippen molar-refractivity contribution >= 4 is 40.9 Å². The van der Waals surface area contributed by atoms with E-state index in [2.05, 4.69) is 4.98 Å². The van der Waals surface area contributed by atoms with E-state index in [1.165, 1.54) is 7.05 Å². The molecule has 0 saturated heterocycles. The lowest BCUT2D eigenvalue weighted by Crippen LogP contribution is -2.38. The molecule has 18 heavy (non-hydrogen) atoms. The van der Waals surface area contributed by atoms with Crippen molar-refractivity contribution in [3.63, 3.8) is 0 Å². The van der Waals surface area contributed by atoms with Crippen molar-refractivity contribution in [1.82, 2.24) is 9.88 Å². The number of benzene rings is 1. The van der Waals surface area contributed by atoms with Gasteiger partial charge in [-0.25, -0.2) is 0 Å². The van der Waals surface area contributed by atoms with Crippen LogP contribution in [0.1, 0.15) is 10.5 Å². The number of guanidine groups is 1. The number of nitrogens with one attached hydrogen (secondary N) is 2. The fourth-order valence-electron chi connectivity index (χ4n) is 1.55. The van der Waals surface area contributed by atoms with Crippen molar-refractivity contribution < 1.29 is 4.79 Å². The highest BCUT2D eigenvalue weighted by Gasteiger charge is 2.16. The van der Waals surface area contributed by atoms with Gasteiger partial charge in [0.1, 0.15) is 5.69 Å². The number of nitrogens with zero attached hydrogens (tertiary/aromatic N) is 1. The third kappa shape index (κ3) is 2.38. The smallest absolute Gasteiger partial charge is 0.276 e. The Balaban J connectivity index is 0.00000162. The van der Waals surface area contributed by atoms with Crippen LogP contribution in [0, 0.1) is 5.41 Å². The highest BCUT2D eigenvalue weighted by atomic mass is 35.5. The zero-order chi connectivity index (χ0) is 12.6. The molecule has 0 spiro atoms. The van der Waals surface area contributed by atoms with Gasteiger partial charge in [-0.3, -0.25) is 15.1 Å². The largest absolute Gasteiger partial charge is 0.399 e. The zero-order valence-electron chi connectivity index (χ0n) is 9.73. The van der Waals surface area contributed by atoms with E-state index in [9.17, 15) is 4.79 Å². The molecule has 96 valence electrons. The van der Waals surface area contributed by atoms with Gasteiger partial charge in [-0.05, 0) is 18.2 Å². The minimum absolute atomic E-state index is 0. The number of carbonyl (C=O) groups excluding carboxylic acids is 1. The number of hydrogen-bond donors (Lipinski definition) is 4. The van der Waals surface area contributed by atoms with Gasteiger partial charge in [0.25, 0.3) is 5.91 Å². The predicted molar refractivity (Wildman–Crippen MR) is 74.0 cm³/mol. The first-order valence-electron chi connectivity index (χ1n) is 4.99. The number of H-pyrrole nitrogens is 1. The van der Waals surface area contributed by atoms with E-state index < -0.39 is 0 Å². The van der Waals surface area contributed by atoms with Crippen molar-refractivity contribution in [2.45, 2.75) is 0 Å². The van der Waals surface area contributed by atoms with Gasteiger partial charge in [0.05, 0.1) is 0 Å². The van der Waals surface area contributed by atoms with Gasteiger partial charge >= 0.3 is 0 Å². The molecule has 1 aromatic carbocycles. The summed E-state index contributed by atoms with van der Waals surface area (Å²) in [5.74, 6) is -0.652. The summed E-state index contributed by atoms with van der Waals surface area (Å²) in [5.41, 5.74) is 12.7.